The summed E-state index contributed by atoms with van der Waals surface area (Å²) >= 11 is 12.2. The highest BCUT2D eigenvalue weighted by Gasteiger charge is 2.54. The molecule has 1 spiro atoms. The van der Waals surface area contributed by atoms with Crippen LogP contribution < -0.4 is 10.2 Å². The van der Waals surface area contributed by atoms with Crippen LogP contribution in [0.3, 0.4) is 0 Å². The summed E-state index contributed by atoms with van der Waals surface area (Å²) in [5, 5.41) is 4.04. The fourth-order valence-corrected chi connectivity index (χ4v) is 6.49. The van der Waals surface area contributed by atoms with Crippen molar-refractivity contribution in [2.75, 3.05) is 37.7 Å². The molecule has 2 fully saturated rings. The fourth-order valence-electron chi connectivity index (χ4n) is 5.99. The molecule has 7 nitrogen and oxygen atoms in total. The number of carbonyl (C=O) groups is 3. The van der Waals surface area contributed by atoms with Gasteiger partial charge in [0.15, 0.2) is 0 Å². The van der Waals surface area contributed by atoms with Crippen LogP contribution in [0.15, 0.2) is 72.8 Å². The number of anilines is 1. The van der Waals surface area contributed by atoms with Crippen LogP contribution in [-0.2, 0) is 21.4 Å². The van der Waals surface area contributed by atoms with E-state index < -0.39 is 5.54 Å². The number of nitrogens with zero attached hydrogens (tertiary/aromatic N) is 3. The number of benzene rings is 3. The number of nitrogens with one attached hydrogen (secondary N) is 1. The highest BCUT2D eigenvalue weighted by atomic mass is 35.5. The second-order valence-corrected chi connectivity index (χ2v) is 13.2. The monoisotopic (exact) mass is 620 g/mol. The molecule has 0 unspecified atom stereocenters. The van der Waals surface area contributed by atoms with E-state index in [1.807, 2.05) is 65.6 Å². The van der Waals surface area contributed by atoms with Crippen LogP contribution in [0, 0.1) is 0 Å². The molecule has 3 amide bonds. The van der Waals surface area contributed by atoms with E-state index in [-0.39, 0.29) is 29.7 Å². The number of hydrogen-bond donors (Lipinski definition) is 1. The predicted molar refractivity (Wildman–Crippen MR) is 172 cm³/mol. The lowest BCUT2D eigenvalue weighted by molar-refractivity contribution is -0.137. The first-order valence-corrected chi connectivity index (χ1v) is 15.5. The van der Waals surface area contributed by atoms with Crippen LogP contribution in [0.25, 0.3) is 0 Å². The van der Waals surface area contributed by atoms with Crippen molar-refractivity contribution in [2.45, 2.75) is 51.0 Å². The molecule has 0 saturated carbocycles. The smallest absolute Gasteiger partial charge is 0.253 e. The summed E-state index contributed by atoms with van der Waals surface area (Å²) in [5.74, 6) is -0.326. The number of para-hydroxylation sites is 1. The van der Waals surface area contributed by atoms with Crippen LogP contribution in [0.2, 0.25) is 10.0 Å². The zero-order valence-electron chi connectivity index (χ0n) is 24.9. The van der Waals surface area contributed by atoms with E-state index in [2.05, 4.69) is 31.0 Å². The topological polar surface area (TPSA) is 73.0 Å². The number of rotatable bonds is 7. The molecule has 2 aliphatic heterocycles. The van der Waals surface area contributed by atoms with Crippen LogP contribution in [-0.4, -0.2) is 65.9 Å². The third-order valence-corrected chi connectivity index (χ3v) is 9.11. The van der Waals surface area contributed by atoms with E-state index in [0.717, 1.165) is 11.3 Å². The van der Waals surface area contributed by atoms with E-state index in [1.54, 1.807) is 17.0 Å². The molecule has 43 heavy (non-hydrogen) atoms. The zero-order chi connectivity index (χ0) is 30.8. The Morgan fingerprint density at radius 1 is 0.930 bits per heavy atom. The second kappa shape index (κ2) is 12.6. The van der Waals surface area contributed by atoms with E-state index >= 15 is 0 Å². The van der Waals surface area contributed by atoms with Gasteiger partial charge >= 0.3 is 0 Å². The van der Waals surface area contributed by atoms with E-state index in [9.17, 15) is 14.4 Å². The molecule has 1 N–H and O–H groups in total. The fraction of sp³-hybridized carbons (Fsp3) is 0.382. The first-order chi connectivity index (χ1) is 20.5. The quantitative estimate of drug-likeness (QED) is 0.355. The molecule has 2 aliphatic rings. The Balaban J connectivity index is 1.25. The summed E-state index contributed by atoms with van der Waals surface area (Å²) in [6.45, 7) is 8.01. The van der Waals surface area contributed by atoms with E-state index in [0.29, 0.717) is 61.2 Å². The normalized spacial score (nSPS) is 16.6. The van der Waals surface area contributed by atoms with Crippen LogP contribution >= 0.6 is 23.2 Å². The van der Waals surface area contributed by atoms with Crippen LogP contribution in [0.5, 0.6) is 0 Å². The van der Waals surface area contributed by atoms with Crippen LogP contribution in [0.4, 0.5) is 5.69 Å². The Morgan fingerprint density at radius 2 is 1.60 bits per heavy atom. The molecule has 0 bridgehead atoms. The average Bonchev–Trinajstić information content (AvgIpc) is 3.24. The molecule has 9 heteroatoms. The molecule has 0 aromatic heterocycles. The Labute approximate surface area is 263 Å². The molecule has 5 rings (SSSR count). The summed E-state index contributed by atoms with van der Waals surface area (Å²) in [5.41, 5.74) is 2.84. The minimum absolute atomic E-state index is 0.00993. The van der Waals surface area contributed by atoms with Gasteiger partial charge in [0.05, 0.1) is 6.67 Å². The summed E-state index contributed by atoms with van der Waals surface area (Å²) in [6.07, 6.45) is 1.53. The third kappa shape index (κ3) is 6.68. The maximum absolute atomic E-state index is 14.0. The molecular formula is C34H38Cl2N4O3. The van der Waals surface area contributed by atoms with Crippen LogP contribution in [0.1, 0.15) is 55.1 Å². The van der Waals surface area contributed by atoms with Gasteiger partial charge in [0.2, 0.25) is 5.91 Å². The number of piperidine rings is 1. The molecule has 0 radical (unpaired) electrons. The molecule has 2 heterocycles. The van der Waals surface area contributed by atoms with Gasteiger partial charge in [0.25, 0.3) is 11.8 Å². The van der Waals surface area contributed by atoms with Crippen molar-refractivity contribution in [3.05, 3.63) is 99.5 Å². The highest BCUT2D eigenvalue weighted by molar-refractivity contribution is 6.35. The Morgan fingerprint density at radius 3 is 2.23 bits per heavy atom. The van der Waals surface area contributed by atoms with Gasteiger partial charge < -0.3 is 20.0 Å². The van der Waals surface area contributed by atoms with Crippen molar-refractivity contribution in [1.29, 1.82) is 0 Å². The molecular weight excluding hydrogens is 583 g/mol. The minimum atomic E-state index is -0.814. The number of amides is 3. The van der Waals surface area contributed by atoms with Gasteiger partial charge in [-0.2, -0.15) is 0 Å². The van der Waals surface area contributed by atoms with Gasteiger partial charge in [-0.25, -0.2) is 0 Å². The maximum Gasteiger partial charge on any atom is 0.253 e. The van der Waals surface area contributed by atoms with Gasteiger partial charge in [0, 0.05) is 40.9 Å². The van der Waals surface area contributed by atoms with Crippen molar-refractivity contribution >= 4 is 46.6 Å². The summed E-state index contributed by atoms with van der Waals surface area (Å²) in [4.78, 5) is 45.9. The molecule has 0 aliphatic carbocycles. The molecule has 3 aromatic carbocycles. The Kier molecular flexibility index (Phi) is 9.04. The second-order valence-electron chi connectivity index (χ2n) is 12.4. The first kappa shape index (κ1) is 30.9. The molecule has 226 valence electrons. The SMILES string of the molecule is CC(C)(C)c1ccc(C(=O)N2CCC3(CC2)C(=O)N(CC(=O)NCCc2ccc(Cl)cc2Cl)CN3c2ccccc2)cc1. The lowest BCUT2D eigenvalue weighted by Gasteiger charge is -2.43. The van der Waals surface area contributed by atoms with Crippen molar-refractivity contribution < 1.29 is 14.4 Å². The minimum Gasteiger partial charge on any atom is -0.354 e. The maximum atomic E-state index is 14.0. The van der Waals surface area contributed by atoms with Crippen molar-refractivity contribution in [1.82, 2.24) is 15.1 Å². The van der Waals surface area contributed by atoms with Gasteiger partial charge in [0.1, 0.15) is 12.1 Å². The average molecular weight is 622 g/mol. The lowest BCUT2D eigenvalue weighted by Crippen LogP contribution is -2.57. The number of halogens is 2. The zero-order valence-corrected chi connectivity index (χ0v) is 26.4. The first-order valence-electron chi connectivity index (χ1n) is 14.7. The number of hydrogen-bond acceptors (Lipinski definition) is 4. The number of likely N-dealkylation sites (tertiary alicyclic amines) is 1. The third-order valence-electron chi connectivity index (χ3n) is 8.52. The van der Waals surface area contributed by atoms with E-state index in [1.165, 1.54) is 5.56 Å². The number of carbonyl (C=O) groups excluding carboxylic acids is 3. The summed E-state index contributed by atoms with van der Waals surface area (Å²) in [6, 6.07) is 22.9. The standard InChI is InChI=1S/C34H38Cl2N4O3/c1-33(2,3)26-12-9-25(10-13-26)31(42)38-19-16-34(17-20-38)32(43)39(23-40(34)28-7-5-4-6-8-28)22-30(41)37-18-15-24-11-14-27(35)21-29(24)36/h4-14,21H,15-20,22-23H2,1-3H3,(H,37,41). The largest absolute Gasteiger partial charge is 0.354 e. The van der Waals surface area contributed by atoms with E-state index in [4.69, 9.17) is 23.2 Å². The summed E-state index contributed by atoms with van der Waals surface area (Å²) in [7, 11) is 0. The lowest BCUT2D eigenvalue weighted by atomic mass is 9.84. The molecule has 3 aromatic rings. The highest BCUT2D eigenvalue weighted by Crippen LogP contribution is 2.39. The molecule has 2 saturated heterocycles. The van der Waals surface area contributed by atoms with Crippen molar-refractivity contribution in [3.63, 3.8) is 0 Å². The Hall–Kier alpha value is -3.55. The van der Waals surface area contributed by atoms with Gasteiger partial charge in [-0.1, -0.05) is 80.4 Å². The van der Waals surface area contributed by atoms with Gasteiger partial charge in [-0.15, -0.1) is 0 Å². The Bertz CT molecular complexity index is 1480. The van der Waals surface area contributed by atoms with Gasteiger partial charge in [-0.05, 0) is 72.2 Å². The van der Waals surface area contributed by atoms with Gasteiger partial charge in [-0.3, -0.25) is 14.4 Å². The summed E-state index contributed by atoms with van der Waals surface area (Å²) < 4.78 is 0. The van der Waals surface area contributed by atoms with Crippen molar-refractivity contribution in [3.8, 4) is 0 Å². The predicted octanol–water partition coefficient (Wildman–Crippen LogP) is 5.93. The molecule has 0 atom stereocenters. The van der Waals surface area contributed by atoms with Crippen molar-refractivity contribution in [2.24, 2.45) is 0 Å².